The van der Waals surface area contributed by atoms with E-state index in [2.05, 4.69) is 40.7 Å². The standard InChI is InChI=1S/C36H40FN5O3/c1-24-38-32-10-2-3-11-33(32)42(24)31-22-29-12-13-30(23-31)41(29)19-16-36(27-8-5-9-28(37)21-27)14-17-40(18-15-36)35(44)26-7-4-6-25(20-26)34(43)39-45/h2-11,20-21,29-31,45H,12-19,22-23H2,1H3,(H,39,43)/t29-,30+,31?. The second-order valence-electron chi connectivity index (χ2n) is 13.1. The summed E-state index contributed by atoms with van der Waals surface area (Å²) in [7, 11) is 0. The van der Waals surface area contributed by atoms with Crippen LogP contribution in [0.4, 0.5) is 4.39 Å². The third-order valence-corrected chi connectivity index (χ3v) is 10.8. The Morgan fingerprint density at radius 3 is 2.38 bits per heavy atom. The number of rotatable bonds is 7. The van der Waals surface area contributed by atoms with Gasteiger partial charge in [0, 0.05) is 42.3 Å². The number of likely N-dealkylation sites (tertiary alicyclic amines) is 1. The number of fused-ring (bicyclic) bond motifs is 3. The Kier molecular flexibility index (Phi) is 7.91. The number of hydrogen-bond acceptors (Lipinski definition) is 5. The second kappa shape index (κ2) is 12.0. The number of nitrogens with one attached hydrogen (secondary N) is 1. The van der Waals surface area contributed by atoms with Crippen LogP contribution in [0, 0.1) is 12.7 Å². The van der Waals surface area contributed by atoms with Gasteiger partial charge in [-0.25, -0.2) is 14.9 Å². The molecule has 0 spiro atoms. The first-order valence-corrected chi connectivity index (χ1v) is 16.1. The number of amides is 2. The van der Waals surface area contributed by atoms with Crippen LogP contribution in [0.2, 0.25) is 0 Å². The van der Waals surface area contributed by atoms with E-state index in [-0.39, 0.29) is 22.7 Å². The molecule has 2 N–H and O–H groups in total. The minimum absolute atomic E-state index is 0.141. The van der Waals surface area contributed by atoms with Crippen molar-refractivity contribution in [3.63, 3.8) is 0 Å². The Labute approximate surface area is 262 Å². The summed E-state index contributed by atoms with van der Waals surface area (Å²) in [5.74, 6) is 0.0646. The molecule has 0 saturated carbocycles. The molecule has 3 aromatic carbocycles. The van der Waals surface area contributed by atoms with Crippen LogP contribution < -0.4 is 5.48 Å². The lowest BCUT2D eigenvalue weighted by atomic mass is 9.70. The van der Waals surface area contributed by atoms with Crippen LogP contribution in [0.5, 0.6) is 0 Å². The summed E-state index contributed by atoms with van der Waals surface area (Å²) >= 11 is 0. The molecule has 3 atom stereocenters. The van der Waals surface area contributed by atoms with Crippen LogP contribution in [0.15, 0.2) is 72.8 Å². The molecule has 2 amide bonds. The molecule has 234 valence electrons. The number of aromatic nitrogens is 2. The number of nitrogens with zero attached hydrogens (tertiary/aromatic N) is 4. The largest absolute Gasteiger partial charge is 0.339 e. The SMILES string of the molecule is Cc1nc2ccccc2n1C1C[C@H]2CC[C@@H](C1)N2CCC1(c2cccc(F)c2)CCN(C(=O)c2cccc(C(=O)NO)c2)CC1. The fourth-order valence-electron chi connectivity index (χ4n) is 8.47. The first-order chi connectivity index (χ1) is 21.8. The summed E-state index contributed by atoms with van der Waals surface area (Å²) in [5, 5.41) is 9.01. The van der Waals surface area contributed by atoms with Crippen molar-refractivity contribution in [2.45, 2.75) is 75.4 Å². The maximum atomic E-state index is 14.6. The first-order valence-electron chi connectivity index (χ1n) is 16.1. The van der Waals surface area contributed by atoms with Gasteiger partial charge < -0.3 is 9.47 Å². The highest BCUT2D eigenvalue weighted by Crippen LogP contribution is 2.45. The summed E-state index contributed by atoms with van der Waals surface area (Å²) in [5.41, 5.74) is 5.34. The molecule has 8 nitrogen and oxygen atoms in total. The van der Waals surface area contributed by atoms with Crippen molar-refractivity contribution in [3.05, 3.63) is 101 Å². The number of carbonyl (C=O) groups is 2. The van der Waals surface area contributed by atoms with Crippen molar-refractivity contribution in [3.8, 4) is 0 Å². The zero-order valence-electron chi connectivity index (χ0n) is 25.7. The number of halogens is 1. The molecule has 9 heteroatoms. The summed E-state index contributed by atoms with van der Waals surface area (Å²) < 4.78 is 17.0. The number of imidazole rings is 1. The molecule has 1 aromatic heterocycles. The van der Waals surface area contributed by atoms with E-state index in [0.717, 1.165) is 55.6 Å². The maximum absolute atomic E-state index is 14.6. The summed E-state index contributed by atoms with van der Waals surface area (Å²) in [4.78, 5) is 34.8. The molecule has 4 heterocycles. The minimum atomic E-state index is -0.653. The molecule has 0 aliphatic carbocycles. The quantitative estimate of drug-likeness (QED) is 0.197. The molecule has 0 radical (unpaired) electrons. The van der Waals surface area contributed by atoms with Gasteiger partial charge in [0.05, 0.1) is 11.0 Å². The molecular formula is C36H40FN5O3. The molecular weight excluding hydrogens is 569 g/mol. The van der Waals surface area contributed by atoms with Gasteiger partial charge in [0.2, 0.25) is 0 Å². The lowest BCUT2D eigenvalue weighted by molar-refractivity contribution is 0.0606. The molecule has 4 aromatic rings. The summed E-state index contributed by atoms with van der Waals surface area (Å²) in [6, 6.07) is 23.3. The molecule has 1 unspecified atom stereocenters. The van der Waals surface area contributed by atoms with Crippen LogP contribution in [0.25, 0.3) is 11.0 Å². The van der Waals surface area contributed by atoms with Gasteiger partial charge in [-0.05, 0) is 112 Å². The van der Waals surface area contributed by atoms with E-state index in [1.807, 2.05) is 11.0 Å². The van der Waals surface area contributed by atoms with Gasteiger partial charge in [0.25, 0.3) is 11.8 Å². The Balaban J connectivity index is 1.07. The molecule has 3 fully saturated rings. The predicted molar refractivity (Wildman–Crippen MR) is 170 cm³/mol. The third kappa shape index (κ3) is 5.53. The van der Waals surface area contributed by atoms with E-state index in [9.17, 15) is 14.0 Å². The maximum Gasteiger partial charge on any atom is 0.274 e. The van der Waals surface area contributed by atoms with Crippen LogP contribution in [0.3, 0.4) is 0 Å². The lowest BCUT2D eigenvalue weighted by Crippen LogP contribution is -2.49. The van der Waals surface area contributed by atoms with Gasteiger partial charge in [0.1, 0.15) is 11.6 Å². The average Bonchev–Trinajstić information content (AvgIpc) is 3.53. The van der Waals surface area contributed by atoms with Crippen molar-refractivity contribution >= 4 is 22.8 Å². The number of hydroxylamine groups is 1. The third-order valence-electron chi connectivity index (χ3n) is 10.8. The van der Waals surface area contributed by atoms with Gasteiger partial charge in [-0.15, -0.1) is 0 Å². The number of carbonyl (C=O) groups excluding carboxylic acids is 2. The summed E-state index contributed by atoms with van der Waals surface area (Å²) in [6.45, 7) is 4.17. The molecule has 3 aliphatic heterocycles. The first kappa shape index (κ1) is 29.6. The zero-order valence-corrected chi connectivity index (χ0v) is 25.7. The smallest absolute Gasteiger partial charge is 0.274 e. The number of hydrogen-bond donors (Lipinski definition) is 2. The van der Waals surface area contributed by atoms with Crippen LogP contribution in [-0.2, 0) is 5.41 Å². The van der Waals surface area contributed by atoms with E-state index in [4.69, 9.17) is 10.2 Å². The molecule has 3 saturated heterocycles. The van der Waals surface area contributed by atoms with Crippen LogP contribution in [0.1, 0.15) is 83.1 Å². The van der Waals surface area contributed by atoms with Gasteiger partial charge in [-0.1, -0.05) is 30.3 Å². The minimum Gasteiger partial charge on any atom is -0.339 e. The fraction of sp³-hybridized carbons (Fsp3) is 0.417. The average molecular weight is 610 g/mol. The zero-order chi connectivity index (χ0) is 31.1. The lowest BCUT2D eigenvalue weighted by Gasteiger charge is -2.45. The highest BCUT2D eigenvalue weighted by molar-refractivity contribution is 5.99. The summed E-state index contributed by atoms with van der Waals surface area (Å²) in [6.07, 6.45) is 7.02. The Morgan fingerprint density at radius 1 is 0.933 bits per heavy atom. The molecule has 45 heavy (non-hydrogen) atoms. The number of para-hydroxylation sites is 2. The predicted octanol–water partition coefficient (Wildman–Crippen LogP) is 6.04. The van der Waals surface area contributed by atoms with E-state index >= 15 is 0 Å². The molecule has 7 rings (SSSR count). The topological polar surface area (TPSA) is 90.7 Å². The van der Waals surface area contributed by atoms with Gasteiger partial charge in [0.15, 0.2) is 0 Å². The van der Waals surface area contributed by atoms with Crippen molar-refractivity contribution in [1.29, 1.82) is 0 Å². The van der Waals surface area contributed by atoms with E-state index in [0.29, 0.717) is 36.8 Å². The fourth-order valence-corrected chi connectivity index (χ4v) is 8.47. The Bertz CT molecular complexity index is 1710. The Morgan fingerprint density at radius 2 is 1.64 bits per heavy atom. The van der Waals surface area contributed by atoms with Gasteiger partial charge in [-0.3, -0.25) is 19.7 Å². The van der Waals surface area contributed by atoms with E-state index < -0.39 is 5.91 Å². The normalized spacial score (nSPS) is 22.9. The number of benzene rings is 3. The Hall–Kier alpha value is -4.08. The highest BCUT2D eigenvalue weighted by atomic mass is 19.1. The molecule has 2 bridgehead atoms. The highest BCUT2D eigenvalue weighted by Gasteiger charge is 2.44. The number of piperidine rings is 2. The van der Waals surface area contributed by atoms with Crippen LogP contribution in [-0.4, -0.2) is 68.1 Å². The van der Waals surface area contributed by atoms with Crippen molar-refractivity contribution < 1.29 is 19.2 Å². The van der Waals surface area contributed by atoms with Gasteiger partial charge in [-0.2, -0.15) is 0 Å². The van der Waals surface area contributed by atoms with Crippen molar-refractivity contribution in [1.82, 2.24) is 24.8 Å². The van der Waals surface area contributed by atoms with Crippen molar-refractivity contribution in [2.24, 2.45) is 0 Å². The second-order valence-corrected chi connectivity index (χ2v) is 13.1. The van der Waals surface area contributed by atoms with Crippen molar-refractivity contribution in [2.75, 3.05) is 19.6 Å². The molecule has 3 aliphatic rings. The van der Waals surface area contributed by atoms with E-state index in [1.54, 1.807) is 35.8 Å². The van der Waals surface area contributed by atoms with Crippen LogP contribution >= 0.6 is 0 Å². The van der Waals surface area contributed by atoms with Gasteiger partial charge >= 0.3 is 0 Å². The van der Waals surface area contributed by atoms with E-state index in [1.165, 1.54) is 30.5 Å². The number of aryl methyl sites for hydroxylation is 1. The monoisotopic (exact) mass is 609 g/mol.